The first kappa shape index (κ1) is 20.5. The summed E-state index contributed by atoms with van der Waals surface area (Å²) in [5, 5.41) is 2.06. The lowest BCUT2D eigenvalue weighted by molar-refractivity contribution is -0.133. The van der Waals surface area contributed by atoms with Crippen LogP contribution >= 0.6 is 11.3 Å². The first-order valence-corrected chi connectivity index (χ1v) is 12.1. The first-order valence-electron chi connectivity index (χ1n) is 9.76. The van der Waals surface area contributed by atoms with Gasteiger partial charge in [0.25, 0.3) is 0 Å². The van der Waals surface area contributed by atoms with Crippen molar-refractivity contribution in [1.29, 1.82) is 0 Å². The number of piperazine rings is 1. The minimum Gasteiger partial charge on any atom is -0.339 e. The number of halogens is 1. The van der Waals surface area contributed by atoms with E-state index in [0.717, 1.165) is 31.5 Å². The van der Waals surface area contributed by atoms with E-state index >= 15 is 0 Å². The number of hydrogen-bond acceptors (Lipinski definition) is 5. The summed E-state index contributed by atoms with van der Waals surface area (Å²) >= 11 is 1.72. The van der Waals surface area contributed by atoms with Crippen molar-refractivity contribution in [3.8, 4) is 0 Å². The number of amides is 1. The summed E-state index contributed by atoms with van der Waals surface area (Å²) in [5.41, 5.74) is 0. The Morgan fingerprint density at radius 2 is 1.79 bits per heavy atom. The molecule has 1 atom stereocenters. The molecule has 156 valence electrons. The molecule has 3 heterocycles. The van der Waals surface area contributed by atoms with Crippen LogP contribution in [0.1, 0.15) is 23.8 Å². The van der Waals surface area contributed by atoms with Crippen molar-refractivity contribution in [1.82, 2.24) is 14.1 Å². The van der Waals surface area contributed by atoms with E-state index < -0.39 is 15.8 Å². The molecule has 9 heteroatoms. The third kappa shape index (κ3) is 4.37. The largest absolute Gasteiger partial charge is 0.339 e. The smallest absolute Gasteiger partial charge is 0.243 e. The fourth-order valence-electron chi connectivity index (χ4n) is 4.03. The van der Waals surface area contributed by atoms with E-state index in [4.69, 9.17) is 0 Å². The zero-order valence-corrected chi connectivity index (χ0v) is 17.7. The number of likely N-dealkylation sites (tertiary alicyclic amines) is 1. The summed E-state index contributed by atoms with van der Waals surface area (Å²) in [5.74, 6) is -0.422. The predicted molar refractivity (Wildman–Crippen MR) is 110 cm³/mol. The van der Waals surface area contributed by atoms with E-state index in [2.05, 4.69) is 16.3 Å². The van der Waals surface area contributed by atoms with E-state index in [9.17, 15) is 17.6 Å². The number of hydrogen-bond donors (Lipinski definition) is 0. The lowest BCUT2D eigenvalue weighted by Gasteiger charge is -2.35. The fraction of sp³-hybridized carbons (Fsp3) is 0.450. The molecule has 4 rings (SSSR count). The molecule has 6 nitrogen and oxygen atoms in total. The van der Waals surface area contributed by atoms with Gasteiger partial charge < -0.3 is 4.90 Å². The average Bonchev–Trinajstić information content (AvgIpc) is 3.40. The summed E-state index contributed by atoms with van der Waals surface area (Å²) in [6.45, 7) is 2.52. The predicted octanol–water partition coefficient (Wildman–Crippen LogP) is 2.56. The second-order valence-electron chi connectivity index (χ2n) is 7.38. The van der Waals surface area contributed by atoms with Crippen LogP contribution in [-0.4, -0.2) is 67.7 Å². The highest BCUT2D eigenvalue weighted by atomic mass is 32.2. The Balaban J connectivity index is 1.34. The zero-order chi connectivity index (χ0) is 20.4. The summed E-state index contributed by atoms with van der Waals surface area (Å²) in [4.78, 5) is 18.2. The van der Waals surface area contributed by atoms with Gasteiger partial charge in [-0.25, -0.2) is 12.8 Å². The molecule has 0 saturated carbocycles. The molecule has 2 saturated heterocycles. The van der Waals surface area contributed by atoms with Gasteiger partial charge in [0.15, 0.2) is 0 Å². The Morgan fingerprint density at radius 1 is 1.07 bits per heavy atom. The SMILES string of the molecule is O=C(CN1CCCC1c1cccs1)N1CCN(S(=O)(=O)c2ccc(F)cc2)CC1. The molecule has 2 aliphatic rings. The monoisotopic (exact) mass is 437 g/mol. The van der Waals surface area contributed by atoms with Gasteiger partial charge in [-0.1, -0.05) is 6.07 Å². The van der Waals surface area contributed by atoms with E-state index in [-0.39, 0.29) is 23.9 Å². The van der Waals surface area contributed by atoms with Crippen molar-refractivity contribution in [3.05, 3.63) is 52.5 Å². The van der Waals surface area contributed by atoms with Gasteiger partial charge in [-0.15, -0.1) is 11.3 Å². The van der Waals surface area contributed by atoms with Crippen molar-refractivity contribution in [2.75, 3.05) is 39.3 Å². The minimum absolute atomic E-state index is 0.0484. The fourth-order valence-corrected chi connectivity index (χ4v) is 6.34. The molecule has 1 unspecified atom stereocenters. The number of rotatable bonds is 5. The lowest BCUT2D eigenvalue weighted by Crippen LogP contribution is -2.52. The maximum atomic E-state index is 13.1. The maximum Gasteiger partial charge on any atom is 0.243 e. The highest BCUT2D eigenvalue weighted by molar-refractivity contribution is 7.89. The highest BCUT2D eigenvalue weighted by Gasteiger charge is 2.33. The minimum atomic E-state index is -3.67. The van der Waals surface area contributed by atoms with Crippen molar-refractivity contribution in [3.63, 3.8) is 0 Å². The number of thiophene rings is 1. The van der Waals surface area contributed by atoms with Gasteiger partial charge in [-0.2, -0.15) is 4.31 Å². The Kier molecular flexibility index (Phi) is 6.00. The Morgan fingerprint density at radius 3 is 2.45 bits per heavy atom. The molecule has 2 aromatic rings. The van der Waals surface area contributed by atoms with Crippen LogP contribution in [0, 0.1) is 5.82 Å². The van der Waals surface area contributed by atoms with Crippen LogP contribution in [0.2, 0.25) is 0 Å². The number of carbonyl (C=O) groups excluding carboxylic acids is 1. The summed E-state index contributed by atoms with van der Waals surface area (Å²) < 4.78 is 39.9. The molecule has 0 spiro atoms. The molecule has 29 heavy (non-hydrogen) atoms. The van der Waals surface area contributed by atoms with Gasteiger partial charge in [0.2, 0.25) is 15.9 Å². The van der Waals surface area contributed by atoms with E-state index in [1.165, 1.54) is 21.3 Å². The highest BCUT2D eigenvalue weighted by Crippen LogP contribution is 2.34. The van der Waals surface area contributed by atoms with Crippen LogP contribution in [0.5, 0.6) is 0 Å². The van der Waals surface area contributed by atoms with E-state index in [0.29, 0.717) is 25.7 Å². The van der Waals surface area contributed by atoms with Gasteiger partial charge in [0.05, 0.1) is 11.4 Å². The molecular weight excluding hydrogens is 413 g/mol. The van der Waals surface area contributed by atoms with Crippen LogP contribution < -0.4 is 0 Å². The topological polar surface area (TPSA) is 60.9 Å². The summed E-state index contributed by atoms with van der Waals surface area (Å²) in [6.07, 6.45) is 2.15. The number of sulfonamides is 1. The molecule has 1 aromatic carbocycles. The van der Waals surface area contributed by atoms with E-state index in [1.54, 1.807) is 16.2 Å². The van der Waals surface area contributed by atoms with Gasteiger partial charge >= 0.3 is 0 Å². The molecule has 2 fully saturated rings. The zero-order valence-electron chi connectivity index (χ0n) is 16.0. The van der Waals surface area contributed by atoms with Crippen molar-refractivity contribution >= 4 is 27.3 Å². The molecule has 2 aliphatic heterocycles. The van der Waals surface area contributed by atoms with Gasteiger partial charge in [-0.05, 0) is 55.1 Å². The van der Waals surface area contributed by atoms with Crippen LogP contribution in [0.3, 0.4) is 0 Å². The third-order valence-electron chi connectivity index (χ3n) is 5.62. The van der Waals surface area contributed by atoms with Gasteiger partial charge in [-0.3, -0.25) is 9.69 Å². The number of benzene rings is 1. The molecule has 1 amide bonds. The van der Waals surface area contributed by atoms with Crippen molar-refractivity contribution < 1.29 is 17.6 Å². The average molecular weight is 438 g/mol. The molecule has 0 bridgehead atoms. The molecule has 1 aromatic heterocycles. The third-order valence-corrected chi connectivity index (χ3v) is 8.50. The quantitative estimate of drug-likeness (QED) is 0.721. The Labute approximate surface area is 174 Å². The molecule has 0 N–H and O–H groups in total. The van der Waals surface area contributed by atoms with Gasteiger partial charge in [0, 0.05) is 37.1 Å². The standard InChI is InChI=1S/C20H24FN3O3S2/c21-16-5-7-17(8-6-16)29(26,27)24-12-10-22(11-13-24)20(25)15-23-9-1-3-18(23)19-4-2-14-28-19/h2,4-8,14,18H,1,3,9-13,15H2. The van der Waals surface area contributed by atoms with Crippen molar-refractivity contribution in [2.45, 2.75) is 23.8 Å². The van der Waals surface area contributed by atoms with Crippen LogP contribution in [0.4, 0.5) is 4.39 Å². The Hall–Kier alpha value is -1.81. The van der Waals surface area contributed by atoms with Gasteiger partial charge in [0.1, 0.15) is 5.82 Å². The number of carbonyl (C=O) groups is 1. The second-order valence-corrected chi connectivity index (χ2v) is 10.3. The first-order chi connectivity index (χ1) is 13.9. The van der Waals surface area contributed by atoms with Crippen molar-refractivity contribution in [2.24, 2.45) is 0 Å². The van der Waals surface area contributed by atoms with Crippen LogP contribution in [-0.2, 0) is 14.8 Å². The van der Waals surface area contributed by atoms with Crippen LogP contribution in [0.15, 0.2) is 46.7 Å². The summed E-state index contributed by atoms with van der Waals surface area (Å²) in [7, 11) is -3.67. The molecule has 0 aliphatic carbocycles. The number of nitrogens with zero attached hydrogens (tertiary/aromatic N) is 3. The van der Waals surface area contributed by atoms with E-state index in [1.807, 2.05) is 6.07 Å². The lowest BCUT2D eigenvalue weighted by atomic mass is 10.2. The molecular formula is C20H24FN3O3S2. The Bertz CT molecular complexity index is 940. The van der Waals surface area contributed by atoms with Crippen LogP contribution in [0.25, 0.3) is 0 Å². The maximum absolute atomic E-state index is 13.1. The normalized spacial score (nSPS) is 21.6. The molecule has 0 radical (unpaired) electrons. The second kappa shape index (κ2) is 8.51. The summed E-state index contributed by atoms with van der Waals surface area (Å²) in [6, 6.07) is 9.31.